The van der Waals surface area contributed by atoms with Crippen LogP contribution in [0.4, 0.5) is 10.1 Å². The zero-order valence-electron chi connectivity index (χ0n) is 21.1. The molecule has 2 saturated heterocycles. The predicted octanol–water partition coefficient (Wildman–Crippen LogP) is 5.27. The summed E-state index contributed by atoms with van der Waals surface area (Å²) in [6.45, 7) is 6.49. The Hall–Kier alpha value is -2.43. The summed E-state index contributed by atoms with van der Waals surface area (Å²) >= 11 is 19.6. The topological polar surface area (TPSA) is 62.0 Å². The second-order valence-corrected chi connectivity index (χ2v) is 11.0. The number of ether oxygens (including phenoxy) is 1. The molecule has 0 N–H and O–H groups in total. The third-order valence-corrected chi connectivity index (χ3v) is 8.82. The minimum atomic E-state index is -0.638. The van der Waals surface area contributed by atoms with Gasteiger partial charge in [0.15, 0.2) is 17.2 Å². The number of piperazine rings is 1. The average Bonchev–Trinajstić information content (AvgIpc) is 3.33. The number of anilines is 1. The summed E-state index contributed by atoms with van der Waals surface area (Å²) < 4.78 is 21.5. The summed E-state index contributed by atoms with van der Waals surface area (Å²) in [5.74, 6) is -0.729. The van der Waals surface area contributed by atoms with E-state index in [1.165, 1.54) is 13.2 Å². The van der Waals surface area contributed by atoms with Gasteiger partial charge in [-0.05, 0) is 19.9 Å². The molecule has 8 nitrogen and oxygen atoms in total. The van der Waals surface area contributed by atoms with Crippen molar-refractivity contribution in [2.75, 3.05) is 58.3 Å². The number of fused-ring (bicyclic) bond motifs is 2. The molecule has 1 aromatic carbocycles. The van der Waals surface area contributed by atoms with E-state index in [1.54, 1.807) is 10.7 Å². The molecule has 0 amide bonds. The fraction of sp³-hybridized carbons (Fsp3) is 0.423. The van der Waals surface area contributed by atoms with Gasteiger partial charge < -0.3 is 14.5 Å². The van der Waals surface area contributed by atoms with Crippen molar-refractivity contribution in [1.82, 2.24) is 29.4 Å². The summed E-state index contributed by atoms with van der Waals surface area (Å²) in [6, 6.07) is 1.86. The van der Waals surface area contributed by atoms with Crippen LogP contribution in [0.1, 0.15) is 12.8 Å². The third-order valence-electron chi connectivity index (χ3n) is 7.72. The lowest BCUT2D eigenvalue weighted by molar-refractivity contribution is 0.0982. The Bertz CT molecular complexity index is 1510. The van der Waals surface area contributed by atoms with E-state index in [1.807, 2.05) is 12.4 Å². The highest BCUT2D eigenvalue weighted by molar-refractivity contribution is 6.46. The molecule has 0 atom stereocenters. The molecule has 38 heavy (non-hydrogen) atoms. The molecule has 0 radical (unpaired) electrons. The van der Waals surface area contributed by atoms with Crippen molar-refractivity contribution in [3.05, 3.63) is 45.7 Å². The zero-order valence-corrected chi connectivity index (χ0v) is 23.4. The van der Waals surface area contributed by atoms with Crippen LogP contribution in [0.3, 0.4) is 0 Å². The first-order valence-corrected chi connectivity index (χ1v) is 13.7. The molecular weight excluding hydrogens is 552 g/mol. The van der Waals surface area contributed by atoms with E-state index in [2.05, 4.69) is 31.8 Å². The number of likely N-dealkylation sites (N-methyl/N-ethyl adjacent to an activating group) is 1. The smallest absolute Gasteiger partial charge is 0.173 e. The second-order valence-electron chi connectivity index (χ2n) is 9.89. The maximum atomic E-state index is 14.5. The van der Waals surface area contributed by atoms with Crippen LogP contribution in [0.15, 0.2) is 24.7 Å². The lowest BCUT2D eigenvalue weighted by Gasteiger charge is -2.42. The van der Waals surface area contributed by atoms with Crippen LogP contribution in [0.2, 0.25) is 15.2 Å². The number of hydrogen-bond donors (Lipinski definition) is 0. The molecule has 0 spiro atoms. The quantitative estimate of drug-likeness (QED) is 0.306. The van der Waals surface area contributed by atoms with Gasteiger partial charge in [0.05, 0.1) is 46.9 Å². The summed E-state index contributed by atoms with van der Waals surface area (Å²) in [5, 5.41) is 5.26. The number of piperidine rings is 1. The number of rotatable bonds is 4. The molecule has 3 aromatic heterocycles. The van der Waals surface area contributed by atoms with Crippen molar-refractivity contribution in [1.29, 1.82) is 0 Å². The Morgan fingerprint density at radius 1 is 1.00 bits per heavy atom. The molecule has 200 valence electrons. The monoisotopic (exact) mass is 577 g/mol. The Labute approximate surface area is 234 Å². The maximum absolute atomic E-state index is 14.5. The van der Waals surface area contributed by atoms with Crippen LogP contribution < -0.4 is 9.64 Å². The number of methoxy groups -OCH3 is 1. The molecule has 0 saturated carbocycles. The van der Waals surface area contributed by atoms with Gasteiger partial charge in [0.1, 0.15) is 5.15 Å². The molecule has 2 aliphatic rings. The first-order valence-electron chi connectivity index (χ1n) is 12.6. The highest BCUT2D eigenvalue weighted by atomic mass is 35.5. The molecule has 2 aliphatic heterocycles. The molecular formula is C26H27Cl3FN7O. The highest BCUT2D eigenvalue weighted by Crippen LogP contribution is 2.46. The van der Waals surface area contributed by atoms with Crippen molar-refractivity contribution < 1.29 is 9.13 Å². The number of halogens is 4. The summed E-state index contributed by atoms with van der Waals surface area (Å²) in [6.07, 6.45) is 7.75. The van der Waals surface area contributed by atoms with Crippen molar-refractivity contribution in [2.45, 2.75) is 18.9 Å². The SMILES string of the molecule is COc1c(F)cc2nc(Cl)c(Cl)c(-c3cnn4cc(N5CCC(N6CCN(C)CC6)CC5)cnc34)c2c1Cl. The van der Waals surface area contributed by atoms with Crippen LogP contribution in [0, 0.1) is 5.82 Å². The first kappa shape index (κ1) is 25.8. The summed E-state index contributed by atoms with van der Waals surface area (Å²) in [5.41, 5.74) is 2.94. The van der Waals surface area contributed by atoms with Crippen LogP contribution in [0.5, 0.6) is 5.75 Å². The van der Waals surface area contributed by atoms with Crippen LogP contribution >= 0.6 is 34.8 Å². The van der Waals surface area contributed by atoms with E-state index in [0.717, 1.165) is 57.8 Å². The van der Waals surface area contributed by atoms with Gasteiger partial charge in [-0.25, -0.2) is 18.9 Å². The number of aromatic nitrogens is 4. The molecule has 12 heteroatoms. The predicted molar refractivity (Wildman–Crippen MR) is 150 cm³/mol. The minimum Gasteiger partial charge on any atom is -0.492 e. The molecule has 6 rings (SSSR count). The molecule has 0 unspecified atom stereocenters. The van der Waals surface area contributed by atoms with E-state index in [4.69, 9.17) is 44.5 Å². The van der Waals surface area contributed by atoms with Crippen molar-refractivity contribution >= 4 is 57.0 Å². The van der Waals surface area contributed by atoms with E-state index in [-0.39, 0.29) is 26.5 Å². The van der Waals surface area contributed by atoms with Gasteiger partial charge in [-0.1, -0.05) is 34.8 Å². The van der Waals surface area contributed by atoms with Gasteiger partial charge in [0.25, 0.3) is 0 Å². The zero-order chi connectivity index (χ0) is 26.6. The largest absolute Gasteiger partial charge is 0.492 e. The molecule has 4 aromatic rings. The third kappa shape index (κ3) is 4.44. The first-order chi connectivity index (χ1) is 18.4. The van der Waals surface area contributed by atoms with Crippen LogP contribution in [0.25, 0.3) is 27.7 Å². The lowest BCUT2D eigenvalue weighted by Crippen LogP contribution is -2.52. The molecule has 0 aliphatic carbocycles. The summed E-state index contributed by atoms with van der Waals surface area (Å²) in [4.78, 5) is 16.4. The lowest BCUT2D eigenvalue weighted by atomic mass is 10.0. The number of hydrogen-bond acceptors (Lipinski definition) is 7. The van der Waals surface area contributed by atoms with E-state index >= 15 is 0 Å². The van der Waals surface area contributed by atoms with Gasteiger partial charge in [-0.2, -0.15) is 5.10 Å². The molecule has 5 heterocycles. The fourth-order valence-electron chi connectivity index (χ4n) is 5.60. The Morgan fingerprint density at radius 3 is 2.45 bits per heavy atom. The fourth-order valence-corrected chi connectivity index (χ4v) is 6.39. The van der Waals surface area contributed by atoms with E-state index in [9.17, 15) is 4.39 Å². The number of nitrogens with zero attached hydrogens (tertiary/aromatic N) is 7. The van der Waals surface area contributed by atoms with Gasteiger partial charge in [-0.3, -0.25) is 4.90 Å². The number of pyridine rings is 1. The highest BCUT2D eigenvalue weighted by Gasteiger charge is 2.28. The minimum absolute atomic E-state index is 0.0361. The summed E-state index contributed by atoms with van der Waals surface area (Å²) in [7, 11) is 3.54. The van der Waals surface area contributed by atoms with Gasteiger partial charge in [0, 0.05) is 67.9 Å². The van der Waals surface area contributed by atoms with E-state index < -0.39 is 5.82 Å². The maximum Gasteiger partial charge on any atom is 0.173 e. The van der Waals surface area contributed by atoms with Crippen molar-refractivity contribution in [3.63, 3.8) is 0 Å². The van der Waals surface area contributed by atoms with Crippen LogP contribution in [-0.4, -0.2) is 88.8 Å². The second kappa shape index (κ2) is 10.3. The molecule has 0 bridgehead atoms. The van der Waals surface area contributed by atoms with Crippen LogP contribution in [-0.2, 0) is 0 Å². The van der Waals surface area contributed by atoms with Gasteiger partial charge >= 0.3 is 0 Å². The standard InChI is InChI=1S/C26H27Cl3FN7O/c1-34-7-9-36(10-8-34)15-3-5-35(6-4-15)16-12-31-26-17(13-32-37(26)14-16)20-21-19(33-25(29)23(20)28)11-18(30)24(38-2)22(21)27/h11-15H,3-10H2,1-2H3. The normalized spacial score (nSPS) is 18.1. The Balaban J connectivity index is 1.32. The van der Waals surface area contributed by atoms with Crippen molar-refractivity contribution in [2.24, 2.45) is 0 Å². The van der Waals surface area contributed by atoms with Gasteiger partial charge in [0.2, 0.25) is 0 Å². The Morgan fingerprint density at radius 2 is 1.74 bits per heavy atom. The van der Waals surface area contributed by atoms with E-state index in [0.29, 0.717) is 28.2 Å². The Kier molecular flexibility index (Phi) is 6.98. The molecule has 2 fully saturated rings. The van der Waals surface area contributed by atoms with Gasteiger partial charge in [-0.15, -0.1) is 0 Å². The average molecular weight is 579 g/mol. The van der Waals surface area contributed by atoms with Crippen molar-refractivity contribution in [3.8, 4) is 16.9 Å². The number of benzene rings is 1.